The number of hydrogen-bond acceptors (Lipinski definition) is 3. The van der Waals surface area contributed by atoms with E-state index in [-0.39, 0.29) is 5.83 Å². The molecule has 1 amide bonds. The molecule has 0 saturated carbocycles. The highest BCUT2D eigenvalue weighted by Gasteiger charge is 2.36. The van der Waals surface area contributed by atoms with E-state index in [9.17, 15) is 9.18 Å². The molecule has 0 saturated heterocycles. The maximum atomic E-state index is 14.0. The number of H-pyrrole nitrogens is 1. The van der Waals surface area contributed by atoms with Crippen molar-refractivity contribution in [1.29, 1.82) is 0 Å². The molecule has 3 aromatic rings. The molecule has 6 heteroatoms. The van der Waals surface area contributed by atoms with Crippen molar-refractivity contribution in [2.75, 3.05) is 11.4 Å². The first-order chi connectivity index (χ1) is 16.1. The van der Waals surface area contributed by atoms with E-state index in [1.54, 1.807) is 17.2 Å². The molecule has 0 aliphatic heterocycles. The number of aromatic nitrogens is 2. The van der Waals surface area contributed by atoms with Crippen LogP contribution >= 0.6 is 0 Å². The number of carbonyl (C=O) groups excluding carboxylic acids is 1. The van der Waals surface area contributed by atoms with Crippen LogP contribution in [0.25, 0.3) is 11.0 Å². The number of aryl methyl sites for hydroxylation is 2. The topological polar surface area (TPSA) is 58.2 Å². The number of fused-ring (bicyclic) bond motifs is 1. The normalized spacial score (nSPS) is 18.1. The van der Waals surface area contributed by atoms with Gasteiger partial charge in [0.2, 0.25) is 0 Å². The molecule has 1 aliphatic carbocycles. The second-order valence-electron chi connectivity index (χ2n) is 10.1. The molecule has 1 atom stereocenters. The van der Waals surface area contributed by atoms with E-state index in [0.29, 0.717) is 25.1 Å². The van der Waals surface area contributed by atoms with Gasteiger partial charge in [0, 0.05) is 23.9 Å². The van der Waals surface area contributed by atoms with Crippen molar-refractivity contribution < 1.29 is 13.9 Å². The molecule has 178 valence electrons. The first kappa shape index (κ1) is 23.7. The van der Waals surface area contributed by atoms with Crippen LogP contribution in [0.2, 0.25) is 0 Å². The Bertz CT molecular complexity index is 1250. The molecule has 2 heterocycles. The third kappa shape index (κ3) is 5.06. The molecular weight excluding hydrogens is 429 g/mol. The highest BCUT2D eigenvalue weighted by atomic mass is 19.1. The van der Waals surface area contributed by atoms with Gasteiger partial charge < -0.3 is 9.72 Å². The predicted molar refractivity (Wildman–Crippen MR) is 135 cm³/mol. The average molecular weight is 462 g/mol. The van der Waals surface area contributed by atoms with Gasteiger partial charge in [-0.15, -0.1) is 0 Å². The van der Waals surface area contributed by atoms with Crippen molar-refractivity contribution in [1.82, 2.24) is 9.97 Å². The summed E-state index contributed by atoms with van der Waals surface area (Å²) in [6.45, 7) is 9.89. The van der Waals surface area contributed by atoms with Gasteiger partial charge in [0.15, 0.2) is 0 Å². The highest BCUT2D eigenvalue weighted by molar-refractivity contribution is 6.00. The van der Waals surface area contributed by atoms with E-state index in [1.165, 1.54) is 6.08 Å². The molecular formula is C28H32FN3O2. The lowest BCUT2D eigenvalue weighted by molar-refractivity contribution is 0.0568. The van der Waals surface area contributed by atoms with Crippen LogP contribution in [0.5, 0.6) is 0 Å². The Labute approximate surface area is 200 Å². The number of allylic oxidation sites excluding steroid dienone is 3. The molecule has 0 spiro atoms. The zero-order chi connectivity index (χ0) is 24.5. The fourth-order valence-electron chi connectivity index (χ4n) is 4.42. The summed E-state index contributed by atoms with van der Waals surface area (Å²) in [5.74, 6) is -0.255. The number of amides is 1. The number of rotatable bonds is 5. The smallest absolute Gasteiger partial charge is 0.414 e. The van der Waals surface area contributed by atoms with E-state index >= 15 is 0 Å². The number of benzene rings is 1. The van der Waals surface area contributed by atoms with E-state index in [1.807, 2.05) is 65.0 Å². The molecule has 0 fully saturated rings. The fourth-order valence-corrected chi connectivity index (χ4v) is 4.42. The molecule has 5 nitrogen and oxygen atoms in total. The Kier molecular flexibility index (Phi) is 6.34. The third-order valence-electron chi connectivity index (χ3n) is 6.24. The van der Waals surface area contributed by atoms with Crippen molar-refractivity contribution >= 4 is 22.8 Å². The highest BCUT2D eigenvalue weighted by Crippen LogP contribution is 2.38. The van der Waals surface area contributed by atoms with Crippen LogP contribution in [0.1, 0.15) is 44.0 Å². The van der Waals surface area contributed by atoms with Crippen molar-refractivity contribution in [2.24, 2.45) is 5.41 Å². The molecule has 1 aromatic carbocycles. The summed E-state index contributed by atoms with van der Waals surface area (Å²) in [5.41, 5.74) is 4.32. The summed E-state index contributed by atoms with van der Waals surface area (Å²) in [6.07, 6.45) is 7.41. The molecule has 1 N–H and O–H groups in total. The zero-order valence-corrected chi connectivity index (χ0v) is 20.5. The molecule has 34 heavy (non-hydrogen) atoms. The van der Waals surface area contributed by atoms with Gasteiger partial charge in [-0.25, -0.2) is 9.18 Å². The number of nitrogens with zero attached hydrogens (tertiary/aromatic N) is 2. The van der Waals surface area contributed by atoms with E-state index < -0.39 is 17.1 Å². The summed E-state index contributed by atoms with van der Waals surface area (Å²) >= 11 is 0. The number of ether oxygens (including phenoxy) is 1. The zero-order valence-electron chi connectivity index (χ0n) is 20.5. The van der Waals surface area contributed by atoms with Gasteiger partial charge in [0.1, 0.15) is 11.4 Å². The second-order valence-corrected chi connectivity index (χ2v) is 10.1. The molecule has 4 rings (SSSR count). The van der Waals surface area contributed by atoms with Crippen LogP contribution in [-0.2, 0) is 11.2 Å². The molecule has 0 bridgehead atoms. The maximum Gasteiger partial charge on any atom is 0.414 e. The summed E-state index contributed by atoms with van der Waals surface area (Å²) < 4.78 is 19.9. The first-order valence-corrected chi connectivity index (χ1v) is 11.6. The Morgan fingerprint density at radius 3 is 2.59 bits per heavy atom. The summed E-state index contributed by atoms with van der Waals surface area (Å²) in [4.78, 5) is 23.2. The minimum Gasteiger partial charge on any atom is -0.443 e. The number of hydrogen-bond donors (Lipinski definition) is 1. The Morgan fingerprint density at radius 1 is 1.21 bits per heavy atom. The summed E-state index contributed by atoms with van der Waals surface area (Å²) in [5, 5.41) is 0. The Balaban J connectivity index is 1.80. The van der Waals surface area contributed by atoms with Crippen LogP contribution in [0.4, 0.5) is 14.9 Å². The van der Waals surface area contributed by atoms with Crippen molar-refractivity contribution in [3.8, 4) is 0 Å². The van der Waals surface area contributed by atoms with E-state index in [4.69, 9.17) is 4.74 Å². The van der Waals surface area contributed by atoms with Crippen LogP contribution in [-0.4, -0.2) is 28.2 Å². The SMILES string of the molecule is Cc1[nH]c2c(N(CC3(Cc4ccccc4)C=CC(F)=CC3)C(=O)OC(C)(C)C)ccnc2c1C. The lowest BCUT2D eigenvalue weighted by Crippen LogP contribution is -2.44. The first-order valence-electron chi connectivity index (χ1n) is 11.6. The summed E-state index contributed by atoms with van der Waals surface area (Å²) in [7, 11) is 0. The van der Waals surface area contributed by atoms with Gasteiger partial charge in [0.25, 0.3) is 0 Å². The van der Waals surface area contributed by atoms with Gasteiger partial charge in [0.05, 0.1) is 16.7 Å². The van der Waals surface area contributed by atoms with Crippen LogP contribution in [0.3, 0.4) is 0 Å². The molecule has 1 aliphatic rings. The largest absolute Gasteiger partial charge is 0.443 e. The minimum atomic E-state index is -0.663. The van der Waals surface area contributed by atoms with Crippen LogP contribution in [0.15, 0.2) is 66.6 Å². The number of halogens is 1. The van der Waals surface area contributed by atoms with Crippen LogP contribution < -0.4 is 4.90 Å². The molecule has 2 aromatic heterocycles. The fraction of sp³-hybridized carbons (Fsp3) is 0.357. The van der Waals surface area contributed by atoms with Gasteiger partial charge in [-0.05, 0) is 76.8 Å². The number of carbonyl (C=O) groups is 1. The lowest BCUT2D eigenvalue weighted by Gasteiger charge is -2.38. The third-order valence-corrected chi connectivity index (χ3v) is 6.24. The van der Waals surface area contributed by atoms with Gasteiger partial charge >= 0.3 is 6.09 Å². The standard InChI is InChI=1S/C28H32FN3O2/c1-19-20(2)31-25-23(13-16-30-24(19)25)32(26(33)34-27(3,4)5)18-28(14-11-22(29)12-15-28)17-21-9-7-6-8-10-21/h6-14,16,31H,15,17-18H2,1-5H3. The van der Waals surface area contributed by atoms with Gasteiger partial charge in [-0.1, -0.05) is 36.4 Å². The van der Waals surface area contributed by atoms with Crippen molar-refractivity contribution in [3.05, 3.63) is 83.5 Å². The quantitative estimate of drug-likeness (QED) is 0.447. The van der Waals surface area contributed by atoms with Crippen LogP contribution in [0, 0.1) is 19.3 Å². The molecule has 1 unspecified atom stereocenters. The average Bonchev–Trinajstić information content (AvgIpc) is 3.08. The summed E-state index contributed by atoms with van der Waals surface area (Å²) in [6, 6.07) is 11.9. The number of pyridine rings is 1. The van der Waals surface area contributed by atoms with Crippen molar-refractivity contribution in [3.63, 3.8) is 0 Å². The van der Waals surface area contributed by atoms with Crippen molar-refractivity contribution in [2.45, 2.75) is 53.1 Å². The van der Waals surface area contributed by atoms with E-state index in [0.717, 1.165) is 27.9 Å². The Hall–Kier alpha value is -3.41. The van der Waals surface area contributed by atoms with Gasteiger partial charge in [-0.3, -0.25) is 9.88 Å². The lowest BCUT2D eigenvalue weighted by atomic mass is 9.75. The van der Waals surface area contributed by atoms with E-state index in [2.05, 4.69) is 22.1 Å². The maximum absolute atomic E-state index is 14.0. The van der Waals surface area contributed by atoms with Gasteiger partial charge in [-0.2, -0.15) is 0 Å². The predicted octanol–water partition coefficient (Wildman–Crippen LogP) is 6.96. The number of anilines is 1. The number of nitrogens with one attached hydrogen (secondary N) is 1. The monoisotopic (exact) mass is 461 g/mol. The second kappa shape index (κ2) is 9.09. The minimum absolute atomic E-state index is 0.255. The molecule has 0 radical (unpaired) electrons. The Morgan fingerprint density at radius 2 is 1.94 bits per heavy atom. The number of aromatic amines is 1.